The van der Waals surface area contributed by atoms with Gasteiger partial charge in [-0.05, 0) is 52.2 Å². The number of guanidine groups is 1. The van der Waals surface area contributed by atoms with Gasteiger partial charge in [-0.15, -0.1) is 0 Å². The van der Waals surface area contributed by atoms with Crippen molar-refractivity contribution in [2.75, 3.05) is 19.6 Å². The fourth-order valence-electron chi connectivity index (χ4n) is 2.77. The Hall–Kier alpha value is -2.50. The van der Waals surface area contributed by atoms with Crippen LogP contribution in [0.3, 0.4) is 0 Å². The van der Waals surface area contributed by atoms with Gasteiger partial charge < -0.3 is 20.9 Å². The minimum atomic E-state index is -0.238. The number of aromatic nitrogens is 1. The van der Waals surface area contributed by atoms with Crippen molar-refractivity contribution in [1.29, 1.82) is 0 Å². The average molecular weight is 358 g/mol. The number of fused-ring (bicyclic) bond motifs is 1. The number of carbonyl (C=O) groups is 1. The van der Waals surface area contributed by atoms with Gasteiger partial charge >= 0.3 is 0 Å². The smallest absolute Gasteiger partial charge is 0.242 e. The molecule has 0 atom stereocenters. The number of aromatic amines is 1. The number of aryl methyl sites for hydroxylation is 1. The zero-order valence-electron chi connectivity index (χ0n) is 16.3. The van der Waals surface area contributed by atoms with Gasteiger partial charge in [0.1, 0.15) is 6.54 Å². The number of H-pyrrole nitrogens is 1. The molecule has 0 saturated carbocycles. The molecule has 6 heteroatoms. The van der Waals surface area contributed by atoms with E-state index in [1.165, 1.54) is 16.5 Å². The number of nitrogens with one attached hydrogen (secondary N) is 4. The fraction of sp³-hybridized carbons (Fsp3) is 0.500. The Morgan fingerprint density at radius 3 is 2.69 bits per heavy atom. The normalized spacial score (nSPS) is 12.2. The Labute approximate surface area is 155 Å². The summed E-state index contributed by atoms with van der Waals surface area (Å²) in [5.74, 6) is 0.601. The van der Waals surface area contributed by atoms with Crippen molar-refractivity contribution in [3.05, 3.63) is 36.0 Å². The monoisotopic (exact) mass is 357 g/mol. The molecule has 2 aromatic rings. The highest BCUT2D eigenvalue weighted by molar-refractivity contribution is 5.85. The average Bonchev–Trinajstić information content (AvgIpc) is 2.98. The lowest BCUT2D eigenvalue weighted by molar-refractivity contribution is -0.121. The first-order chi connectivity index (χ1) is 12.4. The Kier molecular flexibility index (Phi) is 7.06. The quantitative estimate of drug-likeness (QED) is 0.349. The van der Waals surface area contributed by atoms with E-state index >= 15 is 0 Å². The summed E-state index contributed by atoms with van der Waals surface area (Å²) in [7, 11) is 0. The Morgan fingerprint density at radius 1 is 1.19 bits per heavy atom. The molecule has 0 bridgehead atoms. The lowest BCUT2D eigenvalue weighted by atomic mass is 10.1. The van der Waals surface area contributed by atoms with Crippen LogP contribution in [0.4, 0.5) is 0 Å². The van der Waals surface area contributed by atoms with Crippen LogP contribution in [0.15, 0.2) is 35.5 Å². The third-order valence-electron chi connectivity index (χ3n) is 3.83. The van der Waals surface area contributed by atoms with E-state index in [0.29, 0.717) is 5.96 Å². The molecular formula is C20H31N5O. The summed E-state index contributed by atoms with van der Waals surface area (Å²) in [6.45, 7) is 9.57. The molecule has 0 saturated heterocycles. The maximum Gasteiger partial charge on any atom is 0.242 e. The van der Waals surface area contributed by atoms with Crippen LogP contribution in [0.5, 0.6) is 0 Å². The van der Waals surface area contributed by atoms with Crippen molar-refractivity contribution in [3.8, 4) is 0 Å². The Morgan fingerprint density at radius 2 is 1.96 bits per heavy atom. The van der Waals surface area contributed by atoms with E-state index in [1.54, 1.807) is 0 Å². The van der Waals surface area contributed by atoms with Gasteiger partial charge in [-0.3, -0.25) is 4.79 Å². The summed E-state index contributed by atoms with van der Waals surface area (Å²) in [5, 5.41) is 10.7. The van der Waals surface area contributed by atoms with Crippen molar-refractivity contribution < 1.29 is 4.79 Å². The molecule has 0 fully saturated rings. The Bertz CT molecular complexity index is 742. The number of hydrogen-bond donors (Lipinski definition) is 4. The van der Waals surface area contributed by atoms with Crippen LogP contribution >= 0.6 is 0 Å². The third kappa shape index (κ3) is 6.43. The lowest BCUT2D eigenvalue weighted by Gasteiger charge is -2.20. The molecule has 0 unspecified atom stereocenters. The molecule has 0 spiro atoms. The van der Waals surface area contributed by atoms with Gasteiger partial charge in [0.2, 0.25) is 5.91 Å². The van der Waals surface area contributed by atoms with Crippen LogP contribution in [-0.2, 0) is 11.2 Å². The molecule has 0 radical (unpaired) electrons. The highest BCUT2D eigenvalue weighted by Crippen LogP contribution is 2.18. The second-order valence-electron chi connectivity index (χ2n) is 7.38. The standard InChI is InChI=1S/C20H31N5O/c1-5-21-19(24-14-18(26)25-20(2,3)4)22-12-8-9-15-13-23-17-11-7-6-10-16(15)17/h6-7,10-11,13,23H,5,8-9,12,14H2,1-4H3,(H,25,26)(H2,21,22,24). The van der Waals surface area contributed by atoms with E-state index in [1.807, 2.05) is 33.8 Å². The maximum atomic E-state index is 11.9. The second kappa shape index (κ2) is 9.27. The van der Waals surface area contributed by atoms with Gasteiger partial charge in [-0.1, -0.05) is 18.2 Å². The fourth-order valence-corrected chi connectivity index (χ4v) is 2.77. The van der Waals surface area contributed by atoms with Crippen LogP contribution in [0, 0.1) is 0 Å². The summed E-state index contributed by atoms with van der Waals surface area (Å²) >= 11 is 0. The zero-order valence-corrected chi connectivity index (χ0v) is 16.3. The van der Waals surface area contributed by atoms with E-state index in [2.05, 4.69) is 50.3 Å². The summed E-state index contributed by atoms with van der Waals surface area (Å²) < 4.78 is 0. The van der Waals surface area contributed by atoms with Crippen molar-refractivity contribution in [2.24, 2.45) is 4.99 Å². The van der Waals surface area contributed by atoms with Gasteiger partial charge in [0.25, 0.3) is 0 Å². The second-order valence-corrected chi connectivity index (χ2v) is 7.38. The predicted molar refractivity (Wildman–Crippen MR) is 108 cm³/mol. The van der Waals surface area contributed by atoms with Crippen LogP contribution < -0.4 is 16.0 Å². The molecule has 1 aromatic heterocycles. The molecular weight excluding hydrogens is 326 g/mol. The minimum absolute atomic E-state index is 0.0755. The molecule has 142 valence electrons. The molecule has 0 aliphatic heterocycles. The minimum Gasteiger partial charge on any atom is -0.361 e. The molecule has 0 aliphatic rings. The number of nitrogens with zero attached hydrogens (tertiary/aromatic N) is 1. The number of aliphatic imine (C=N–C) groups is 1. The van der Waals surface area contributed by atoms with E-state index in [-0.39, 0.29) is 18.0 Å². The van der Waals surface area contributed by atoms with Gasteiger partial charge in [0.15, 0.2) is 5.96 Å². The highest BCUT2D eigenvalue weighted by Gasteiger charge is 2.13. The van der Waals surface area contributed by atoms with Gasteiger partial charge in [-0.2, -0.15) is 0 Å². The first-order valence-electron chi connectivity index (χ1n) is 9.27. The van der Waals surface area contributed by atoms with Gasteiger partial charge in [-0.25, -0.2) is 4.99 Å². The zero-order chi connectivity index (χ0) is 19.0. The summed E-state index contributed by atoms with van der Waals surface area (Å²) in [5.41, 5.74) is 2.27. The highest BCUT2D eigenvalue weighted by atomic mass is 16.2. The SMILES string of the molecule is CCNC(=NCC(=O)NC(C)(C)C)NCCCc1c[nH]c2ccccc12. The molecule has 1 aromatic carbocycles. The largest absolute Gasteiger partial charge is 0.361 e. The van der Waals surface area contributed by atoms with E-state index in [4.69, 9.17) is 0 Å². The maximum absolute atomic E-state index is 11.9. The van der Waals surface area contributed by atoms with Crippen molar-refractivity contribution >= 4 is 22.8 Å². The Balaban J connectivity index is 1.80. The first-order valence-corrected chi connectivity index (χ1v) is 9.27. The number of hydrogen-bond acceptors (Lipinski definition) is 2. The van der Waals surface area contributed by atoms with Crippen molar-refractivity contribution in [3.63, 3.8) is 0 Å². The number of benzene rings is 1. The number of para-hydroxylation sites is 1. The third-order valence-corrected chi connectivity index (χ3v) is 3.83. The number of amides is 1. The van der Waals surface area contributed by atoms with E-state index in [0.717, 1.165) is 25.9 Å². The molecule has 0 aliphatic carbocycles. The van der Waals surface area contributed by atoms with Crippen LogP contribution in [0.25, 0.3) is 10.9 Å². The molecule has 1 heterocycles. The molecule has 26 heavy (non-hydrogen) atoms. The van der Waals surface area contributed by atoms with Gasteiger partial charge in [0.05, 0.1) is 0 Å². The van der Waals surface area contributed by atoms with E-state index < -0.39 is 0 Å². The van der Waals surface area contributed by atoms with Crippen LogP contribution in [-0.4, -0.2) is 42.0 Å². The molecule has 4 N–H and O–H groups in total. The summed E-state index contributed by atoms with van der Waals surface area (Å²) in [6, 6.07) is 8.35. The lowest BCUT2D eigenvalue weighted by Crippen LogP contribution is -2.43. The van der Waals surface area contributed by atoms with Crippen LogP contribution in [0.2, 0.25) is 0 Å². The van der Waals surface area contributed by atoms with Crippen molar-refractivity contribution in [1.82, 2.24) is 20.9 Å². The predicted octanol–water partition coefficient (Wildman–Crippen LogP) is 2.57. The van der Waals surface area contributed by atoms with Gasteiger partial charge in [0, 0.05) is 35.7 Å². The topological polar surface area (TPSA) is 81.3 Å². The van der Waals surface area contributed by atoms with Crippen LogP contribution in [0.1, 0.15) is 39.7 Å². The summed E-state index contributed by atoms with van der Waals surface area (Å²) in [4.78, 5) is 19.6. The summed E-state index contributed by atoms with van der Waals surface area (Å²) in [6.07, 6.45) is 4.06. The first kappa shape index (κ1) is 19.8. The van der Waals surface area contributed by atoms with E-state index in [9.17, 15) is 4.79 Å². The number of rotatable bonds is 7. The molecule has 2 rings (SSSR count). The molecule has 1 amide bonds. The number of carbonyl (C=O) groups excluding carboxylic acids is 1. The van der Waals surface area contributed by atoms with Crippen molar-refractivity contribution in [2.45, 2.75) is 46.1 Å². The molecule has 6 nitrogen and oxygen atoms in total.